The minimum Gasteiger partial charge on any atom is -0.491 e. The number of alkyl halides is 3. The lowest BCUT2D eigenvalue weighted by Gasteiger charge is -2.32. The molecular weight excluding hydrogens is 407 g/mol. The van der Waals surface area contributed by atoms with Crippen molar-refractivity contribution in [1.29, 1.82) is 0 Å². The van der Waals surface area contributed by atoms with Gasteiger partial charge in [0.2, 0.25) is 0 Å². The highest BCUT2D eigenvalue weighted by Gasteiger charge is 2.47. The van der Waals surface area contributed by atoms with Crippen LogP contribution in [-0.4, -0.2) is 29.9 Å². The minimum absolute atomic E-state index is 0.195. The number of anilines is 1. The smallest absolute Gasteiger partial charge is 0.416 e. The Labute approximate surface area is 169 Å². The van der Waals surface area contributed by atoms with Crippen LogP contribution in [-0.2, 0) is 6.18 Å². The number of benzene rings is 2. The Bertz CT molecular complexity index is 1020. The Morgan fingerprint density at radius 2 is 2.00 bits per heavy atom. The SMILES string of the molecule is C=CC12COc3cc(Cl)ccc3C1=NN(C(=O)Nc1ccc(C(F)(F)F)cc1)C2. The summed E-state index contributed by atoms with van der Waals surface area (Å²) in [6, 6.07) is 8.79. The molecule has 2 aromatic rings. The van der Waals surface area contributed by atoms with Crippen LogP contribution in [0.25, 0.3) is 0 Å². The Morgan fingerprint density at radius 1 is 1.28 bits per heavy atom. The second-order valence-electron chi connectivity index (χ2n) is 6.80. The molecule has 1 N–H and O–H groups in total. The normalized spacial score (nSPS) is 20.3. The fourth-order valence-electron chi connectivity index (χ4n) is 3.32. The molecule has 0 bridgehead atoms. The van der Waals surface area contributed by atoms with E-state index in [0.717, 1.165) is 12.1 Å². The van der Waals surface area contributed by atoms with E-state index in [4.69, 9.17) is 16.3 Å². The molecule has 5 nitrogen and oxygen atoms in total. The summed E-state index contributed by atoms with van der Waals surface area (Å²) in [5.41, 5.74) is 0.103. The number of halogens is 4. The number of nitrogens with zero attached hydrogens (tertiary/aromatic N) is 2. The molecule has 0 fully saturated rings. The van der Waals surface area contributed by atoms with Gasteiger partial charge >= 0.3 is 12.2 Å². The highest BCUT2D eigenvalue weighted by Crippen LogP contribution is 2.41. The number of hydrazone groups is 1. The molecule has 150 valence electrons. The van der Waals surface area contributed by atoms with Crippen LogP contribution in [0.15, 0.2) is 60.2 Å². The van der Waals surface area contributed by atoms with Gasteiger partial charge in [-0.1, -0.05) is 17.7 Å². The zero-order valence-corrected chi connectivity index (χ0v) is 15.7. The number of urea groups is 1. The predicted molar refractivity (Wildman–Crippen MR) is 103 cm³/mol. The maximum atomic E-state index is 12.7. The van der Waals surface area contributed by atoms with Crippen molar-refractivity contribution in [3.05, 3.63) is 71.3 Å². The largest absolute Gasteiger partial charge is 0.491 e. The molecule has 0 aromatic heterocycles. The number of ether oxygens (including phenoxy) is 1. The van der Waals surface area contributed by atoms with E-state index in [1.54, 1.807) is 24.3 Å². The first-order valence-electron chi connectivity index (χ1n) is 8.63. The van der Waals surface area contributed by atoms with Gasteiger partial charge in [0.05, 0.1) is 23.2 Å². The van der Waals surface area contributed by atoms with Crippen molar-refractivity contribution in [3.8, 4) is 5.75 Å². The number of carbonyl (C=O) groups excluding carboxylic acids is 1. The number of amides is 2. The van der Waals surface area contributed by atoms with Gasteiger partial charge in [-0.15, -0.1) is 6.58 Å². The molecule has 1 unspecified atom stereocenters. The summed E-state index contributed by atoms with van der Waals surface area (Å²) in [7, 11) is 0. The van der Waals surface area contributed by atoms with Gasteiger partial charge in [0.1, 0.15) is 12.4 Å². The molecule has 0 aliphatic carbocycles. The second-order valence-corrected chi connectivity index (χ2v) is 7.24. The summed E-state index contributed by atoms with van der Waals surface area (Å²) in [5, 5.41) is 8.75. The third-order valence-corrected chi connectivity index (χ3v) is 5.13. The molecule has 2 aliphatic heterocycles. The topological polar surface area (TPSA) is 53.9 Å². The van der Waals surface area contributed by atoms with Gasteiger partial charge in [-0.2, -0.15) is 18.3 Å². The van der Waals surface area contributed by atoms with E-state index in [-0.39, 0.29) is 18.8 Å². The molecule has 0 radical (unpaired) electrons. The van der Waals surface area contributed by atoms with Crippen molar-refractivity contribution >= 4 is 29.0 Å². The lowest BCUT2D eigenvalue weighted by Crippen LogP contribution is -2.42. The molecule has 1 atom stereocenters. The first-order chi connectivity index (χ1) is 13.7. The average molecular weight is 422 g/mol. The van der Waals surface area contributed by atoms with Crippen molar-refractivity contribution in [2.45, 2.75) is 6.18 Å². The van der Waals surface area contributed by atoms with Gasteiger partial charge in [0.15, 0.2) is 0 Å². The summed E-state index contributed by atoms with van der Waals surface area (Å²) in [5.74, 6) is 0.568. The summed E-state index contributed by atoms with van der Waals surface area (Å²) >= 11 is 6.01. The highest BCUT2D eigenvalue weighted by atomic mass is 35.5. The highest BCUT2D eigenvalue weighted by molar-refractivity contribution is 6.31. The maximum Gasteiger partial charge on any atom is 0.416 e. The Hall–Kier alpha value is -3.00. The summed E-state index contributed by atoms with van der Waals surface area (Å²) in [6.45, 7) is 4.30. The average Bonchev–Trinajstić information content (AvgIpc) is 3.08. The van der Waals surface area contributed by atoms with Crippen LogP contribution in [0.5, 0.6) is 5.75 Å². The van der Waals surface area contributed by atoms with E-state index in [0.29, 0.717) is 22.0 Å². The van der Waals surface area contributed by atoms with Crippen molar-refractivity contribution in [2.24, 2.45) is 10.5 Å². The van der Waals surface area contributed by atoms with Gasteiger partial charge in [-0.05, 0) is 42.5 Å². The molecule has 2 aromatic carbocycles. The number of carbonyl (C=O) groups is 1. The molecule has 0 spiro atoms. The summed E-state index contributed by atoms with van der Waals surface area (Å²) in [6.07, 6.45) is -2.75. The Balaban J connectivity index is 1.58. The van der Waals surface area contributed by atoms with Crippen LogP contribution in [0.1, 0.15) is 11.1 Å². The molecule has 0 saturated heterocycles. The van der Waals surface area contributed by atoms with Gasteiger partial charge in [0, 0.05) is 16.3 Å². The molecular formula is C20H15ClF3N3O2. The van der Waals surface area contributed by atoms with E-state index >= 15 is 0 Å². The van der Waals surface area contributed by atoms with Crippen molar-refractivity contribution in [2.75, 3.05) is 18.5 Å². The fraction of sp³-hybridized carbons (Fsp3) is 0.200. The van der Waals surface area contributed by atoms with Crippen LogP contribution in [0.3, 0.4) is 0 Å². The quantitative estimate of drug-likeness (QED) is 0.680. The summed E-state index contributed by atoms with van der Waals surface area (Å²) in [4.78, 5) is 12.7. The molecule has 4 rings (SSSR count). The first-order valence-corrected chi connectivity index (χ1v) is 9.01. The first kappa shape index (κ1) is 19.3. The van der Waals surface area contributed by atoms with Crippen LogP contribution < -0.4 is 10.1 Å². The Kier molecular flexibility index (Phi) is 4.53. The van der Waals surface area contributed by atoms with E-state index in [9.17, 15) is 18.0 Å². The lowest BCUT2D eigenvalue weighted by atomic mass is 9.79. The number of fused-ring (bicyclic) bond motifs is 3. The third-order valence-electron chi connectivity index (χ3n) is 4.90. The van der Waals surface area contributed by atoms with Crippen LogP contribution in [0, 0.1) is 5.41 Å². The molecule has 29 heavy (non-hydrogen) atoms. The van der Waals surface area contributed by atoms with E-state index in [1.165, 1.54) is 17.1 Å². The van der Waals surface area contributed by atoms with Crippen molar-refractivity contribution < 1.29 is 22.7 Å². The van der Waals surface area contributed by atoms with Gasteiger partial charge in [-0.25, -0.2) is 9.80 Å². The number of nitrogens with one attached hydrogen (secondary N) is 1. The van der Waals surface area contributed by atoms with E-state index in [1.807, 2.05) is 0 Å². The van der Waals surface area contributed by atoms with Crippen molar-refractivity contribution in [1.82, 2.24) is 5.01 Å². The second kappa shape index (κ2) is 6.81. The van der Waals surface area contributed by atoms with Gasteiger partial charge < -0.3 is 10.1 Å². The van der Waals surface area contributed by atoms with Crippen LogP contribution in [0.4, 0.5) is 23.7 Å². The standard InChI is InChI=1S/C20H15ClF3N3O2/c1-2-19-10-27(18(28)25-14-6-3-12(4-7-14)20(22,23)24)26-17(19)15-8-5-13(21)9-16(15)29-11-19/h2-9H,1,10-11H2,(H,25,28). The number of rotatable bonds is 2. The van der Waals surface area contributed by atoms with E-state index in [2.05, 4.69) is 17.0 Å². The van der Waals surface area contributed by atoms with Crippen molar-refractivity contribution in [3.63, 3.8) is 0 Å². The molecule has 0 saturated carbocycles. The molecule has 9 heteroatoms. The van der Waals surface area contributed by atoms with Gasteiger partial charge in [-0.3, -0.25) is 0 Å². The van der Waals surface area contributed by atoms with Gasteiger partial charge in [0.25, 0.3) is 0 Å². The number of hydrogen-bond donors (Lipinski definition) is 1. The molecule has 2 amide bonds. The summed E-state index contributed by atoms with van der Waals surface area (Å²) < 4.78 is 43.8. The maximum absolute atomic E-state index is 12.7. The van der Waals surface area contributed by atoms with E-state index < -0.39 is 23.2 Å². The molecule has 2 heterocycles. The van der Waals surface area contributed by atoms with Crippen LogP contribution in [0.2, 0.25) is 5.02 Å². The fourth-order valence-corrected chi connectivity index (χ4v) is 3.48. The Morgan fingerprint density at radius 3 is 2.66 bits per heavy atom. The zero-order chi connectivity index (χ0) is 20.8. The monoisotopic (exact) mass is 421 g/mol. The number of hydrogen-bond acceptors (Lipinski definition) is 3. The van der Waals surface area contributed by atoms with Crippen LogP contribution >= 0.6 is 11.6 Å². The minimum atomic E-state index is -4.44. The molecule has 2 aliphatic rings. The third kappa shape index (κ3) is 3.44. The predicted octanol–water partition coefficient (Wildman–Crippen LogP) is 5.18. The lowest BCUT2D eigenvalue weighted by molar-refractivity contribution is -0.137. The zero-order valence-electron chi connectivity index (χ0n) is 15.0.